The molecule has 1 heterocycles. The van der Waals surface area contributed by atoms with Gasteiger partial charge in [0.2, 0.25) is 0 Å². The molecule has 2 unspecified atom stereocenters. The molecule has 0 spiro atoms. The first-order valence-corrected chi connectivity index (χ1v) is 6.58. The van der Waals surface area contributed by atoms with Crippen LogP contribution in [0.15, 0.2) is 16.7 Å². The number of carboxylic acids is 1. The van der Waals surface area contributed by atoms with Gasteiger partial charge in [0, 0.05) is 19.2 Å². The molecule has 104 valence electrons. The van der Waals surface area contributed by atoms with Crippen LogP contribution in [0.5, 0.6) is 0 Å². The van der Waals surface area contributed by atoms with Crippen LogP contribution in [-0.4, -0.2) is 35.0 Å². The van der Waals surface area contributed by atoms with Crippen LogP contribution in [0.4, 0.5) is 0 Å². The van der Waals surface area contributed by atoms with Crippen LogP contribution < -0.4 is 0 Å². The SMILES string of the molecule is CC1CCCC(N(C)C(=O)c2cc(C(=O)O)co2)C1. The number of furan rings is 1. The first-order valence-electron chi connectivity index (χ1n) is 6.58. The molecular formula is C14H19NO4. The third-order valence-electron chi connectivity index (χ3n) is 3.83. The second kappa shape index (κ2) is 5.47. The van der Waals surface area contributed by atoms with E-state index in [2.05, 4.69) is 6.92 Å². The quantitative estimate of drug-likeness (QED) is 0.912. The van der Waals surface area contributed by atoms with Gasteiger partial charge in [-0.25, -0.2) is 4.79 Å². The summed E-state index contributed by atoms with van der Waals surface area (Å²) in [6.07, 6.45) is 5.44. The van der Waals surface area contributed by atoms with Crippen LogP contribution in [0.3, 0.4) is 0 Å². The zero-order chi connectivity index (χ0) is 14.0. The van der Waals surface area contributed by atoms with Crippen LogP contribution in [0.1, 0.15) is 53.5 Å². The summed E-state index contributed by atoms with van der Waals surface area (Å²) in [5, 5.41) is 8.82. The van der Waals surface area contributed by atoms with Crippen LogP contribution >= 0.6 is 0 Å². The largest absolute Gasteiger partial charge is 0.478 e. The molecule has 2 rings (SSSR count). The number of carbonyl (C=O) groups excluding carboxylic acids is 1. The average molecular weight is 265 g/mol. The average Bonchev–Trinajstić information content (AvgIpc) is 2.86. The van der Waals surface area contributed by atoms with Crippen molar-refractivity contribution in [2.45, 2.75) is 38.6 Å². The van der Waals surface area contributed by atoms with E-state index in [1.807, 2.05) is 0 Å². The standard InChI is InChI=1S/C14H19NO4/c1-9-4-3-5-11(6-9)15(2)13(16)12-7-10(8-19-12)14(17)18/h7-9,11H,3-6H2,1-2H3,(H,17,18). The minimum absolute atomic E-state index is 0.00811. The Balaban J connectivity index is 2.07. The van der Waals surface area contributed by atoms with E-state index in [0.29, 0.717) is 5.92 Å². The Labute approximate surface area is 112 Å². The van der Waals surface area contributed by atoms with Crippen molar-refractivity contribution >= 4 is 11.9 Å². The van der Waals surface area contributed by atoms with Gasteiger partial charge in [-0.1, -0.05) is 19.8 Å². The Morgan fingerprint density at radius 1 is 1.42 bits per heavy atom. The molecule has 0 aliphatic heterocycles. The number of amides is 1. The van der Waals surface area contributed by atoms with Gasteiger partial charge in [0.1, 0.15) is 6.26 Å². The van der Waals surface area contributed by atoms with E-state index >= 15 is 0 Å². The molecular weight excluding hydrogens is 246 g/mol. The zero-order valence-corrected chi connectivity index (χ0v) is 11.3. The summed E-state index contributed by atoms with van der Waals surface area (Å²) in [7, 11) is 1.76. The zero-order valence-electron chi connectivity index (χ0n) is 11.3. The third-order valence-corrected chi connectivity index (χ3v) is 3.83. The number of carboxylic acid groups (broad SMARTS) is 1. The Hall–Kier alpha value is -1.78. The highest BCUT2D eigenvalue weighted by Gasteiger charge is 2.27. The lowest BCUT2D eigenvalue weighted by molar-refractivity contribution is 0.0639. The minimum atomic E-state index is -1.09. The highest BCUT2D eigenvalue weighted by atomic mass is 16.4. The molecule has 1 saturated carbocycles. The van der Waals surface area contributed by atoms with Gasteiger partial charge in [-0.05, 0) is 18.8 Å². The molecule has 0 radical (unpaired) electrons. The number of hydrogen-bond donors (Lipinski definition) is 1. The lowest BCUT2D eigenvalue weighted by Gasteiger charge is -2.33. The molecule has 1 N–H and O–H groups in total. The molecule has 1 fully saturated rings. The number of carbonyl (C=O) groups is 2. The monoisotopic (exact) mass is 265 g/mol. The van der Waals surface area contributed by atoms with Crippen LogP contribution in [-0.2, 0) is 0 Å². The maximum absolute atomic E-state index is 12.2. The second-order valence-electron chi connectivity index (χ2n) is 5.35. The van der Waals surface area contributed by atoms with Gasteiger partial charge < -0.3 is 14.4 Å². The van der Waals surface area contributed by atoms with Gasteiger partial charge in [0.25, 0.3) is 5.91 Å². The molecule has 1 aliphatic rings. The highest BCUT2D eigenvalue weighted by Crippen LogP contribution is 2.27. The maximum atomic E-state index is 12.2. The molecule has 2 atom stereocenters. The molecule has 1 aromatic heterocycles. The van der Waals surface area contributed by atoms with Gasteiger partial charge in [-0.15, -0.1) is 0 Å². The Morgan fingerprint density at radius 3 is 2.74 bits per heavy atom. The lowest BCUT2D eigenvalue weighted by Crippen LogP contribution is -2.39. The topological polar surface area (TPSA) is 70.8 Å². The Kier molecular flexibility index (Phi) is 3.93. The van der Waals surface area contributed by atoms with Crippen LogP contribution in [0.25, 0.3) is 0 Å². The first-order chi connectivity index (χ1) is 8.99. The maximum Gasteiger partial charge on any atom is 0.338 e. The van der Waals surface area contributed by atoms with E-state index < -0.39 is 5.97 Å². The molecule has 5 heteroatoms. The first kappa shape index (κ1) is 13.6. The lowest BCUT2D eigenvalue weighted by atomic mass is 9.86. The van der Waals surface area contributed by atoms with Crippen molar-refractivity contribution in [2.75, 3.05) is 7.05 Å². The van der Waals surface area contributed by atoms with Crippen molar-refractivity contribution in [3.05, 3.63) is 23.7 Å². The van der Waals surface area contributed by atoms with E-state index in [4.69, 9.17) is 9.52 Å². The van der Waals surface area contributed by atoms with Gasteiger partial charge in [0.15, 0.2) is 5.76 Å². The fourth-order valence-corrected chi connectivity index (χ4v) is 2.65. The molecule has 1 amide bonds. The fourth-order valence-electron chi connectivity index (χ4n) is 2.65. The Morgan fingerprint density at radius 2 is 2.16 bits per heavy atom. The fraction of sp³-hybridized carbons (Fsp3) is 0.571. The molecule has 0 bridgehead atoms. The molecule has 1 aromatic rings. The summed E-state index contributed by atoms with van der Waals surface area (Å²) in [5.74, 6) is -0.610. The van der Waals surface area contributed by atoms with Crippen molar-refractivity contribution < 1.29 is 19.1 Å². The van der Waals surface area contributed by atoms with E-state index in [0.717, 1.165) is 25.5 Å². The molecule has 1 aliphatic carbocycles. The Bertz CT molecular complexity index is 480. The summed E-state index contributed by atoms with van der Waals surface area (Å²) in [4.78, 5) is 24.7. The van der Waals surface area contributed by atoms with E-state index in [-0.39, 0.29) is 23.3 Å². The van der Waals surface area contributed by atoms with Crippen LogP contribution in [0.2, 0.25) is 0 Å². The number of rotatable bonds is 3. The predicted octanol–water partition coefficient (Wildman–Crippen LogP) is 2.63. The van der Waals surface area contributed by atoms with Crippen molar-refractivity contribution in [1.29, 1.82) is 0 Å². The summed E-state index contributed by atoms with van der Waals surface area (Å²) in [6.45, 7) is 2.19. The van der Waals surface area contributed by atoms with Crippen molar-refractivity contribution in [2.24, 2.45) is 5.92 Å². The summed E-state index contributed by atoms with van der Waals surface area (Å²) in [5.41, 5.74) is 0.00811. The second-order valence-corrected chi connectivity index (χ2v) is 5.35. The normalized spacial score (nSPS) is 23.1. The molecule has 5 nitrogen and oxygen atoms in total. The smallest absolute Gasteiger partial charge is 0.338 e. The number of aromatic carboxylic acids is 1. The van der Waals surface area contributed by atoms with E-state index in [1.54, 1.807) is 11.9 Å². The summed E-state index contributed by atoms with van der Waals surface area (Å²) >= 11 is 0. The number of hydrogen-bond acceptors (Lipinski definition) is 3. The van der Waals surface area contributed by atoms with Crippen molar-refractivity contribution in [3.8, 4) is 0 Å². The predicted molar refractivity (Wildman–Crippen MR) is 69.2 cm³/mol. The summed E-state index contributed by atoms with van der Waals surface area (Å²) in [6, 6.07) is 1.50. The van der Waals surface area contributed by atoms with Crippen molar-refractivity contribution in [3.63, 3.8) is 0 Å². The highest BCUT2D eigenvalue weighted by molar-refractivity contribution is 5.95. The van der Waals surface area contributed by atoms with E-state index in [9.17, 15) is 9.59 Å². The molecule has 19 heavy (non-hydrogen) atoms. The van der Waals surface area contributed by atoms with Gasteiger partial charge >= 0.3 is 5.97 Å². The van der Waals surface area contributed by atoms with E-state index in [1.165, 1.54) is 12.5 Å². The van der Waals surface area contributed by atoms with Gasteiger partial charge in [-0.2, -0.15) is 0 Å². The molecule has 0 aromatic carbocycles. The third kappa shape index (κ3) is 2.97. The van der Waals surface area contributed by atoms with Gasteiger partial charge in [-0.3, -0.25) is 4.79 Å². The van der Waals surface area contributed by atoms with Crippen LogP contribution in [0, 0.1) is 5.92 Å². The van der Waals surface area contributed by atoms with Gasteiger partial charge in [0.05, 0.1) is 5.56 Å². The number of nitrogens with zero attached hydrogens (tertiary/aromatic N) is 1. The van der Waals surface area contributed by atoms with Crippen molar-refractivity contribution in [1.82, 2.24) is 4.90 Å². The minimum Gasteiger partial charge on any atom is -0.478 e. The summed E-state index contributed by atoms with van der Waals surface area (Å²) < 4.78 is 5.05. The molecule has 0 saturated heterocycles.